The van der Waals surface area contributed by atoms with Gasteiger partial charge >= 0.3 is 33.1 Å². The average molecular weight is 549 g/mol. The number of hydrogen-bond acceptors (Lipinski definition) is 13. The minimum Gasteiger partial charge on any atom is -0.438 e. The van der Waals surface area contributed by atoms with E-state index in [9.17, 15) is 33.5 Å². The van der Waals surface area contributed by atoms with Gasteiger partial charge < -0.3 is 29.9 Å². The van der Waals surface area contributed by atoms with E-state index in [4.69, 9.17) is 33.5 Å². The molecule has 0 saturated carbocycles. The molecule has 0 fully saturated rings. The predicted octanol–water partition coefficient (Wildman–Crippen LogP) is 2.27. The first kappa shape index (κ1) is 33.6. The second kappa shape index (κ2) is 15.0. The fourth-order valence-electron chi connectivity index (χ4n) is 2.08. The molecule has 2 unspecified atom stereocenters. The monoisotopic (exact) mass is 549 g/mol. The molecule has 14 nitrogen and oxygen atoms in total. The SMILES string of the molecule is CC(C)C(=O)OCOP(=O)(O)C(O)(CCCN)P(=O)(OCOC(=O)C(C)C)OCOC(=O)C(C)C. The number of rotatable bonds is 17. The van der Waals surface area contributed by atoms with Crippen LogP contribution >= 0.6 is 15.2 Å². The number of carbonyl (C=O) groups is 3. The van der Waals surface area contributed by atoms with Gasteiger partial charge in [0.05, 0.1) is 17.8 Å². The molecular formula is C19H37NO13P2. The smallest absolute Gasteiger partial charge is 0.380 e. The maximum absolute atomic E-state index is 13.7. The number of aliphatic hydroxyl groups is 1. The molecule has 35 heavy (non-hydrogen) atoms. The molecule has 0 bridgehead atoms. The van der Waals surface area contributed by atoms with Gasteiger partial charge in [-0.25, -0.2) is 0 Å². The Kier molecular flexibility index (Phi) is 14.4. The van der Waals surface area contributed by atoms with Gasteiger partial charge in [0.25, 0.3) is 5.08 Å². The fraction of sp³-hybridized carbons (Fsp3) is 0.842. The van der Waals surface area contributed by atoms with Crippen LogP contribution in [0.15, 0.2) is 0 Å². The Balaban J connectivity index is 5.99. The van der Waals surface area contributed by atoms with Crippen molar-refractivity contribution in [1.29, 1.82) is 0 Å². The van der Waals surface area contributed by atoms with Crippen LogP contribution in [-0.4, -0.2) is 59.9 Å². The highest BCUT2D eigenvalue weighted by Crippen LogP contribution is 2.76. The van der Waals surface area contributed by atoms with Crippen molar-refractivity contribution in [2.24, 2.45) is 23.5 Å². The van der Waals surface area contributed by atoms with E-state index in [-0.39, 0.29) is 13.0 Å². The Hall–Kier alpha value is -1.37. The van der Waals surface area contributed by atoms with E-state index in [1.54, 1.807) is 0 Å². The van der Waals surface area contributed by atoms with Gasteiger partial charge in [-0.2, -0.15) is 0 Å². The van der Waals surface area contributed by atoms with Crippen molar-refractivity contribution >= 4 is 33.1 Å². The molecular weight excluding hydrogens is 512 g/mol. The van der Waals surface area contributed by atoms with Gasteiger partial charge in [-0.05, 0) is 13.0 Å². The largest absolute Gasteiger partial charge is 0.438 e. The quantitative estimate of drug-likeness (QED) is 0.103. The van der Waals surface area contributed by atoms with Crippen LogP contribution in [0, 0.1) is 17.8 Å². The average Bonchev–Trinajstić information content (AvgIpc) is 2.76. The van der Waals surface area contributed by atoms with E-state index in [2.05, 4.69) is 0 Å². The van der Waals surface area contributed by atoms with E-state index in [1.165, 1.54) is 41.5 Å². The zero-order valence-corrected chi connectivity index (χ0v) is 22.6. The number of carbonyl (C=O) groups excluding carboxylic acids is 3. The van der Waals surface area contributed by atoms with Gasteiger partial charge in [-0.1, -0.05) is 41.5 Å². The molecule has 0 aliphatic rings. The number of nitrogens with two attached hydrogens (primary N) is 1. The van der Waals surface area contributed by atoms with Crippen molar-refractivity contribution in [2.75, 3.05) is 26.9 Å². The normalized spacial score (nSPS) is 15.5. The molecule has 0 spiro atoms. The van der Waals surface area contributed by atoms with Crippen molar-refractivity contribution in [3.8, 4) is 0 Å². The molecule has 2 atom stereocenters. The Bertz CT molecular complexity index is 772. The molecule has 0 amide bonds. The summed E-state index contributed by atoms with van der Waals surface area (Å²) in [5.41, 5.74) is 5.44. The molecule has 16 heteroatoms. The third-order valence-corrected chi connectivity index (χ3v) is 9.37. The van der Waals surface area contributed by atoms with E-state index < -0.39 is 82.7 Å². The van der Waals surface area contributed by atoms with Gasteiger partial charge in [-0.15, -0.1) is 0 Å². The van der Waals surface area contributed by atoms with Crippen LogP contribution in [0.4, 0.5) is 0 Å². The van der Waals surface area contributed by atoms with Crippen LogP contribution in [0.5, 0.6) is 0 Å². The lowest BCUT2D eigenvalue weighted by atomic mass is 10.2. The van der Waals surface area contributed by atoms with Gasteiger partial charge in [0.15, 0.2) is 0 Å². The van der Waals surface area contributed by atoms with Crippen LogP contribution in [0.25, 0.3) is 0 Å². The molecule has 0 radical (unpaired) electrons. The van der Waals surface area contributed by atoms with E-state index in [0.29, 0.717) is 0 Å². The maximum Gasteiger partial charge on any atom is 0.380 e. The minimum atomic E-state index is -5.39. The lowest BCUT2D eigenvalue weighted by Gasteiger charge is -2.36. The summed E-state index contributed by atoms with van der Waals surface area (Å²) >= 11 is 0. The Morgan fingerprint density at radius 1 is 0.771 bits per heavy atom. The Morgan fingerprint density at radius 3 is 1.43 bits per heavy atom. The second-order valence-corrected chi connectivity index (χ2v) is 12.9. The van der Waals surface area contributed by atoms with Crippen LogP contribution in [0.1, 0.15) is 54.4 Å². The lowest BCUT2D eigenvalue weighted by Crippen LogP contribution is -2.34. The first-order valence-corrected chi connectivity index (χ1v) is 14.0. The molecule has 0 saturated heterocycles. The molecule has 0 aromatic heterocycles. The van der Waals surface area contributed by atoms with Gasteiger partial charge in [0.1, 0.15) is 0 Å². The van der Waals surface area contributed by atoms with Crippen molar-refractivity contribution in [3.63, 3.8) is 0 Å². The van der Waals surface area contributed by atoms with Crippen molar-refractivity contribution < 1.29 is 61.3 Å². The summed E-state index contributed by atoms with van der Waals surface area (Å²) < 4.78 is 55.7. The minimum absolute atomic E-state index is 0.116. The van der Waals surface area contributed by atoms with Crippen molar-refractivity contribution in [3.05, 3.63) is 0 Å². The second-order valence-electron chi connectivity index (χ2n) is 8.28. The standard InChI is InChI=1S/C19H37NO13P2/c1-13(2)16(21)28-10-31-34(25,26)19(24,8-7-9-20)35(27,32-11-29-17(22)14(3)4)33-12-30-18(23)15(5)6/h13-15,24H,7-12,20H2,1-6H3,(H,25,26). The molecule has 0 heterocycles. The zero-order valence-electron chi connectivity index (χ0n) is 20.8. The van der Waals surface area contributed by atoms with Crippen molar-refractivity contribution in [2.45, 2.75) is 59.5 Å². The van der Waals surface area contributed by atoms with Crippen LogP contribution < -0.4 is 5.73 Å². The molecule has 206 valence electrons. The first-order valence-electron chi connectivity index (χ1n) is 10.8. The van der Waals surface area contributed by atoms with Gasteiger partial charge in [0, 0.05) is 6.42 Å². The highest BCUT2D eigenvalue weighted by Gasteiger charge is 2.64. The summed E-state index contributed by atoms with van der Waals surface area (Å²) in [4.78, 5) is 45.6. The number of esters is 3. The summed E-state index contributed by atoms with van der Waals surface area (Å²) in [6, 6.07) is 0. The topological polar surface area (TPSA) is 207 Å². The third-order valence-electron chi connectivity index (χ3n) is 4.30. The summed E-state index contributed by atoms with van der Waals surface area (Å²) in [7, 11) is -10.6. The van der Waals surface area contributed by atoms with Gasteiger partial charge in [-0.3, -0.25) is 37.1 Å². The van der Waals surface area contributed by atoms with E-state index in [0.717, 1.165) is 0 Å². The molecule has 4 N–H and O–H groups in total. The lowest BCUT2D eigenvalue weighted by molar-refractivity contribution is -0.157. The van der Waals surface area contributed by atoms with Crippen LogP contribution in [0.2, 0.25) is 0 Å². The highest BCUT2D eigenvalue weighted by molar-refractivity contribution is 7.73. The first-order chi connectivity index (χ1) is 16.0. The Morgan fingerprint density at radius 2 is 1.11 bits per heavy atom. The van der Waals surface area contributed by atoms with Crippen LogP contribution in [0.3, 0.4) is 0 Å². The maximum atomic E-state index is 13.7. The summed E-state index contributed by atoms with van der Waals surface area (Å²) in [6.07, 6.45) is -0.909. The Labute approximate surface area is 204 Å². The predicted molar refractivity (Wildman–Crippen MR) is 121 cm³/mol. The molecule has 0 rings (SSSR count). The van der Waals surface area contributed by atoms with E-state index >= 15 is 0 Å². The summed E-state index contributed by atoms with van der Waals surface area (Å²) in [6.45, 7) is 5.78. The number of ether oxygens (including phenoxy) is 3. The summed E-state index contributed by atoms with van der Waals surface area (Å²) in [5.74, 6) is -4.08. The molecule has 0 aliphatic carbocycles. The van der Waals surface area contributed by atoms with Crippen molar-refractivity contribution in [1.82, 2.24) is 0 Å². The molecule has 0 aromatic carbocycles. The zero-order chi connectivity index (χ0) is 27.4. The molecule has 0 aliphatic heterocycles. The summed E-state index contributed by atoms with van der Waals surface area (Å²) in [5, 5.41) is 7.92. The van der Waals surface area contributed by atoms with Gasteiger partial charge in [0.2, 0.25) is 20.4 Å². The third kappa shape index (κ3) is 10.3. The van der Waals surface area contributed by atoms with Crippen LogP contribution in [-0.2, 0) is 51.3 Å². The molecule has 0 aromatic rings. The fourth-order valence-corrected chi connectivity index (χ4v) is 5.99. The number of hydrogen-bond donors (Lipinski definition) is 3. The van der Waals surface area contributed by atoms with E-state index in [1.807, 2.05) is 0 Å². The highest BCUT2D eigenvalue weighted by atomic mass is 31.2.